The molecule has 6 heteroatoms. The highest BCUT2D eigenvalue weighted by atomic mass is 16.5. The summed E-state index contributed by atoms with van der Waals surface area (Å²) in [6.07, 6.45) is 0. The monoisotopic (exact) mass is 288 g/mol. The third kappa shape index (κ3) is 2.99. The number of nitrogens with zero attached hydrogens (tertiary/aromatic N) is 2. The molecule has 1 aromatic carbocycles. The van der Waals surface area contributed by atoms with Crippen LogP contribution in [-0.2, 0) is 7.05 Å². The molecule has 0 atom stereocenters. The lowest BCUT2D eigenvalue weighted by Crippen LogP contribution is -2.22. The molecule has 1 amide bonds. The van der Waals surface area contributed by atoms with E-state index in [2.05, 4.69) is 10.4 Å². The second-order valence-corrected chi connectivity index (χ2v) is 4.84. The largest absolute Gasteiger partial charge is 0.451 e. The van der Waals surface area contributed by atoms with Crippen molar-refractivity contribution in [2.45, 2.75) is 20.8 Å². The highest BCUT2D eigenvalue weighted by molar-refractivity contribution is 5.95. The van der Waals surface area contributed by atoms with Crippen molar-refractivity contribution in [3.05, 3.63) is 35.2 Å². The van der Waals surface area contributed by atoms with Gasteiger partial charge in [0, 0.05) is 19.2 Å². The van der Waals surface area contributed by atoms with Crippen LogP contribution < -0.4 is 15.8 Å². The molecule has 1 aromatic heterocycles. The van der Waals surface area contributed by atoms with Gasteiger partial charge in [-0.3, -0.25) is 9.48 Å². The Morgan fingerprint density at radius 1 is 1.43 bits per heavy atom. The number of ether oxygens (including phenoxy) is 1. The van der Waals surface area contributed by atoms with Crippen molar-refractivity contribution >= 4 is 11.6 Å². The summed E-state index contributed by atoms with van der Waals surface area (Å²) >= 11 is 0. The maximum atomic E-state index is 11.9. The van der Waals surface area contributed by atoms with Crippen LogP contribution in [-0.4, -0.2) is 22.2 Å². The number of nitrogens with two attached hydrogens (primary N) is 1. The van der Waals surface area contributed by atoms with Gasteiger partial charge in [0.2, 0.25) is 0 Å². The summed E-state index contributed by atoms with van der Waals surface area (Å²) in [5.74, 6) is 0.970. The minimum absolute atomic E-state index is 0.151. The Morgan fingerprint density at radius 3 is 2.71 bits per heavy atom. The summed E-state index contributed by atoms with van der Waals surface area (Å²) in [5, 5.41) is 7.04. The van der Waals surface area contributed by atoms with E-state index in [0.717, 1.165) is 11.4 Å². The second kappa shape index (κ2) is 5.87. The molecule has 0 saturated heterocycles. The molecule has 0 unspecified atom stereocenters. The van der Waals surface area contributed by atoms with Crippen LogP contribution in [0.2, 0.25) is 0 Å². The number of aryl methyl sites for hydroxylation is 2. The van der Waals surface area contributed by atoms with Crippen LogP contribution in [0, 0.1) is 13.8 Å². The molecule has 3 N–H and O–H groups in total. The van der Waals surface area contributed by atoms with Crippen molar-refractivity contribution < 1.29 is 9.53 Å². The first-order valence-corrected chi connectivity index (χ1v) is 6.79. The van der Waals surface area contributed by atoms with Gasteiger partial charge in [-0.25, -0.2) is 0 Å². The number of carbonyl (C=O) groups is 1. The lowest BCUT2D eigenvalue weighted by Gasteiger charge is -2.10. The molecule has 0 aliphatic rings. The number of rotatable bonds is 4. The van der Waals surface area contributed by atoms with Gasteiger partial charge in [-0.2, -0.15) is 5.10 Å². The number of anilines is 1. The molecule has 6 nitrogen and oxygen atoms in total. The predicted molar refractivity (Wildman–Crippen MR) is 81.6 cm³/mol. The van der Waals surface area contributed by atoms with Crippen LogP contribution >= 0.6 is 0 Å². The number of benzene rings is 1. The Morgan fingerprint density at radius 2 is 2.14 bits per heavy atom. The minimum atomic E-state index is -0.151. The molecular formula is C15H20N4O2. The molecule has 0 aliphatic heterocycles. The number of nitrogen functional groups attached to an aromatic ring is 1. The molecule has 0 radical (unpaired) electrons. The standard InChI is InChI=1S/C15H20N4O2/c1-5-17-15(20)11-6-7-12(16)13(8-11)21-14-9(2)18-19(4)10(14)3/h6-8H,5,16H2,1-4H3,(H,17,20). The first kappa shape index (κ1) is 14.9. The summed E-state index contributed by atoms with van der Waals surface area (Å²) in [4.78, 5) is 11.9. The molecule has 0 aliphatic carbocycles. The maximum absolute atomic E-state index is 11.9. The number of hydrogen-bond donors (Lipinski definition) is 2. The Bertz CT molecular complexity index is 677. The molecule has 0 fully saturated rings. The highest BCUT2D eigenvalue weighted by Crippen LogP contribution is 2.32. The molecule has 0 saturated carbocycles. The van der Waals surface area contributed by atoms with Gasteiger partial charge < -0.3 is 15.8 Å². The molecular weight excluding hydrogens is 268 g/mol. The van der Waals surface area contributed by atoms with E-state index in [1.165, 1.54) is 0 Å². The number of hydrogen-bond acceptors (Lipinski definition) is 4. The van der Waals surface area contributed by atoms with E-state index in [-0.39, 0.29) is 5.91 Å². The Balaban J connectivity index is 2.35. The van der Waals surface area contributed by atoms with Crippen LogP contribution in [0.25, 0.3) is 0 Å². The summed E-state index contributed by atoms with van der Waals surface area (Å²) in [6, 6.07) is 4.99. The number of aromatic nitrogens is 2. The molecule has 1 heterocycles. The Labute approximate surface area is 123 Å². The average molecular weight is 288 g/mol. The second-order valence-electron chi connectivity index (χ2n) is 4.84. The zero-order valence-electron chi connectivity index (χ0n) is 12.7. The van der Waals surface area contributed by atoms with E-state index in [1.807, 2.05) is 27.8 Å². The zero-order chi connectivity index (χ0) is 15.6. The third-order valence-corrected chi connectivity index (χ3v) is 3.27. The zero-order valence-corrected chi connectivity index (χ0v) is 12.7. The lowest BCUT2D eigenvalue weighted by atomic mass is 10.1. The summed E-state index contributed by atoms with van der Waals surface area (Å²) in [7, 11) is 1.85. The predicted octanol–water partition coefficient (Wildman–Crippen LogP) is 2.16. The SMILES string of the molecule is CCNC(=O)c1ccc(N)c(Oc2c(C)nn(C)c2C)c1. The van der Waals surface area contributed by atoms with Gasteiger partial charge in [0.1, 0.15) is 5.69 Å². The van der Waals surface area contributed by atoms with Crippen LogP contribution in [0.1, 0.15) is 28.7 Å². The van der Waals surface area contributed by atoms with Gasteiger partial charge in [0.05, 0.1) is 11.4 Å². The molecule has 2 aromatic rings. The fourth-order valence-electron chi connectivity index (χ4n) is 2.04. The smallest absolute Gasteiger partial charge is 0.251 e. The highest BCUT2D eigenvalue weighted by Gasteiger charge is 2.15. The first-order chi connectivity index (χ1) is 9.93. The Hall–Kier alpha value is -2.50. The molecule has 2 rings (SSSR count). The van der Waals surface area contributed by atoms with E-state index in [0.29, 0.717) is 29.3 Å². The van der Waals surface area contributed by atoms with Crippen LogP contribution in [0.3, 0.4) is 0 Å². The van der Waals surface area contributed by atoms with Crippen molar-refractivity contribution in [2.24, 2.45) is 7.05 Å². The van der Waals surface area contributed by atoms with Crippen molar-refractivity contribution in [1.82, 2.24) is 15.1 Å². The van der Waals surface area contributed by atoms with Crippen LogP contribution in [0.4, 0.5) is 5.69 Å². The number of amides is 1. The minimum Gasteiger partial charge on any atom is -0.451 e. The lowest BCUT2D eigenvalue weighted by molar-refractivity contribution is 0.0955. The molecule has 0 bridgehead atoms. The van der Waals surface area contributed by atoms with Crippen LogP contribution in [0.5, 0.6) is 11.5 Å². The summed E-state index contributed by atoms with van der Waals surface area (Å²) < 4.78 is 7.62. The first-order valence-electron chi connectivity index (χ1n) is 6.79. The van der Waals surface area contributed by atoms with E-state index >= 15 is 0 Å². The summed E-state index contributed by atoms with van der Waals surface area (Å²) in [5.41, 5.74) is 8.60. The fourth-order valence-corrected chi connectivity index (χ4v) is 2.04. The van der Waals surface area contributed by atoms with Crippen molar-refractivity contribution in [2.75, 3.05) is 12.3 Å². The van der Waals surface area contributed by atoms with Gasteiger partial charge >= 0.3 is 0 Å². The van der Waals surface area contributed by atoms with Gasteiger partial charge in [-0.15, -0.1) is 0 Å². The van der Waals surface area contributed by atoms with Crippen molar-refractivity contribution in [3.63, 3.8) is 0 Å². The van der Waals surface area contributed by atoms with E-state index in [9.17, 15) is 4.79 Å². The quantitative estimate of drug-likeness (QED) is 0.845. The molecule has 0 spiro atoms. The number of carbonyl (C=O) groups excluding carboxylic acids is 1. The van der Waals surface area contributed by atoms with Gasteiger partial charge in [-0.05, 0) is 39.0 Å². The molecule has 112 valence electrons. The van der Waals surface area contributed by atoms with E-state index < -0.39 is 0 Å². The average Bonchev–Trinajstić information content (AvgIpc) is 2.68. The van der Waals surface area contributed by atoms with Crippen molar-refractivity contribution in [1.29, 1.82) is 0 Å². The van der Waals surface area contributed by atoms with Crippen molar-refractivity contribution in [3.8, 4) is 11.5 Å². The number of nitrogens with one attached hydrogen (secondary N) is 1. The van der Waals surface area contributed by atoms with Crippen LogP contribution in [0.15, 0.2) is 18.2 Å². The summed E-state index contributed by atoms with van der Waals surface area (Å²) in [6.45, 7) is 6.22. The van der Waals surface area contributed by atoms with E-state index in [1.54, 1.807) is 22.9 Å². The topological polar surface area (TPSA) is 82.2 Å². The van der Waals surface area contributed by atoms with Gasteiger partial charge in [0.15, 0.2) is 11.5 Å². The normalized spacial score (nSPS) is 10.5. The fraction of sp³-hybridized carbons (Fsp3) is 0.333. The molecule has 21 heavy (non-hydrogen) atoms. The maximum Gasteiger partial charge on any atom is 0.251 e. The van der Waals surface area contributed by atoms with Gasteiger partial charge in [0.25, 0.3) is 5.91 Å². The third-order valence-electron chi connectivity index (χ3n) is 3.27. The van der Waals surface area contributed by atoms with E-state index in [4.69, 9.17) is 10.5 Å². The Kier molecular flexibility index (Phi) is 4.16. The van der Waals surface area contributed by atoms with Gasteiger partial charge in [-0.1, -0.05) is 0 Å².